The average molecular weight is 339 g/mol. The number of carbonyl (C=O) groups excluding carboxylic acids is 1. The molecule has 0 aliphatic rings. The predicted octanol–water partition coefficient (Wildman–Crippen LogP) is 4.18. The molecule has 6 heteroatoms. The lowest BCUT2D eigenvalue weighted by atomic mass is 9.99. The van der Waals surface area contributed by atoms with Crippen LogP contribution in [0.4, 0.5) is 0 Å². The van der Waals surface area contributed by atoms with Crippen LogP contribution >= 0.6 is 23.2 Å². The van der Waals surface area contributed by atoms with Crippen molar-refractivity contribution in [2.45, 2.75) is 32.3 Å². The van der Waals surface area contributed by atoms with Gasteiger partial charge in [-0.2, -0.15) is 0 Å². The molecule has 0 amide bonds. The Kier molecular flexibility index (Phi) is 5.16. The molecule has 0 spiro atoms. The third kappa shape index (κ3) is 4.77. The highest BCUT2D eigenvalue weighted by molar-refractivity contribution is 6.30. The van der Waals surface area contributed by atoms with Crippen LogP contribution in [0.1, 0.15) is 37.2 Å². The summed E-state index contributed by atoms with van der Waals surface area (Å²) in [7, 11) is 0. The van der Waals surface area contributed by atoms with Crippen molar-refractivity contribution in [1.29, 1.82) is 0 Å². The number of ketones is 1. The highest BCUT2D eigenvalue weighted by atomic mass is 35.5. The number of carbonyl (C=O) groups is 1. The van der Waals surface area contributed by atoms with Gasteiger partial charge >= 0.3 is 0 Å². The number of halogens is 2. The van der Waals surface area contributed by atoms with E-state index in [2.05, 4.69) is 9.97 Å². The van der Waals surface area contributed by atoms with Crippen LogP contribution in [-0.2, 0) is 0 Å². The first-order valence-electron chi connectivity index (χ1n) is 6.81. The monoisotopic (exact) mass is 338 g/mol. The highest BCUT2D eigenvalue weighted by Gasteiger charge is 2.18. The molecule has 2 aromatic rings. The van der Waals surface area contributed by atoms with E-state index in [9.17, 15) is 9.90 Å². The van der Waals surface area contributed by atoms with Crippen LogP contribution in [0.25, 0.3) is 11.3 Å². The molecule has 1 N–H and O–H groups in total. The summed E-state index contributed by atoms with van der Waals surface area (Å²) >= 11 is 11.8. The van der Waals surface area contributed by atoms with Crippen molar-refractivity contribution in [3.05, 3.63) is 46.3 Å². The molecule has 0 saturated heterocycles. The Bertz CT molecular complexity index is 680. The maximum atomic E-state index is 12.2. The van der Waals surface area contributed by atoms with Gasteiger partial charge in [-0.25, -0.2) is 9.97 Å². The zero-order chi connectivity index (χ0) is 16.3. The topological polar surface area (TPSA) is 63.1 Å². The number of Topliss-reactive ketones (excluding diaryl/α,β-unsaturated/α-hetero) is 1. The maximum Gasteiger partial charge on any atom is 0.223 e. The molecule has 0 aliphatic heterocycles. The number of rotatable bonds is 5. The van der Waals surface area contributed by atoms with Crippen LogP contribution in [0.5, 0.6) is 0 Å². The largest absolute Gasteiger partial charge is 0.390 e. The molecule has 0 saturated carbocycles. The van der Waals surface area contributed by atoms with Gasteiger partial charge in [-0.1, -0.05) is 23.7 Å². The summed E-state index contributed by atoms with van der Waals surface area (Å²) < 4.78 is 0. The number of benzene rings is 1. The molecule has 1 aromatic heterocycles. The van der Waals surface area contributed by atoms with E-state index in [0.29, 0.717) is 17.1 Å². The zero-order valence-corrected chi connectivity index (χ0v) is 13.8. The Hall–Kier alpha value is -1.49. The second kappa shape index (κ2) is 6.73. The summed E-state index contributed by atoms with van der Waals surface area (Å²) in [6.45, 7) is 3.32. The Morgan fingerprint density at radius 2 is 1.82 bits per heavy atom. The highest BCUT2D eigenvalue weighted by Crippen LogP contribution is 2.22. The molecule has 0 radical (unpaired) electrons. The van der Waals surface area contributed by atoms with Crippen molar-refractivity contribution in [2.75, 3.05) is 0 Å². The van der Waals surface area contributed by atoms with Crippen molar-refractivity contribution < 1.29 is 9.90 Å². The van der Waals surface area contributed by atoms with E-state index in [1.54, 1.807) is 44.2 Å². The fourth-order valence-corrected chi connectivity index (χ4v) is 2.18. The van der Waals surface area contributed by atoms with Gasteiger partial charge in [0.15, 0.2) is 5.78 Å². The first-order chi connectivity index (χ1) is 10.2. The average Bonchev–Trinajstić information content (AvgIpc) is 2.44. The van der Waals surface area contributed by atoms with Crippen LogP contribution < -0.4 is 0 Å². The molecule has 1 heterocycles. The lowest BCUT2D eigenvalue weighted by Gasteiger charge is -2.15. The molecular weight excluding hydrogens is 323 g/mol. The summed E-state index contributed by atoms with van der Waals surface area (Å²) in [6.07, 6.45) is 0.542. The van der Waals surface area contributed by atoms with Crippen LogP contribution in [-0.4, -0.2) is 26.5 Å². The minimum atomic E-state index is -0.897. The fourth-order valence-electron chi connectivity index (χ4n) is 1.88. The summed E-state index contributed by atoms with van der Waals surface area (Å²) in [5.41, 5.74) is 0.702. The minimum absolute atomic E-state index is 0.0130. The van der Waals surface area contributed by atoms with Gasteiger partial charge in [-0.05, 0) is 50.1 Å². The van der Waals surface area contributed by atoms with E-state index in [1.165, 1.54) is 0 Å². The third-order valence-corrected chi connectivity index (χ3v) is 3.51. The van der Waals surface area contributed by atoms with Crippen LogP contribution in [0, 0.1) is 0 Å². The van der Waals surface area contributed by atoms with Crippen molar-refractivity contribution in [3.63, 3.8) is 0 Å². The molecule has 1 aromatic carbocycles. The van der Waals surface area contributed by atoms with Crippen LogP contribution in [0.2, 0.25) is 10.3 Å². The molecule has 116 valence electrons. The number of aromatic nitrogens is 2. The van der Waals surface area contributed by atoms with E-state index >= 15 is 0 Å². The van der Waals surface area contributed by atoms with Gasteiger partial charge in [0.2, 0.25) is 5.28 Å². The number of hydrogen-bond acceptors (Lipinski definition) is 4. The minimum Gasteiger partial charge on any atom is -0.390 e. The molecule has 0 atom stereocenters. The summed E-state index contributed by atoms with van der Waals surface area (Å²) in [5, 5.41) is 10.3. The van der Waals surface area contributed by atoms with Crippen molar-refractivity contribution in [3.8, 4) is 11.3 Å². The first-order valence-corrected chi connectivity index (χ1v) is 7.56. The molecule has 0 bridgehead atoms. The second-order valence-electron chi connectivity index (χ2n) is 5.65. The van der Waals surface area contributed by atoms with E-state index in [1.807, 2.05) is 0 Å². The summed E-state index contributed by atoms with van der Waals surface area (Å²) in [6, 6.07) is 8.67. The normalized spacial score (nSPS) is 11.5. The fraction of sp³-hybridized carbons (Fsp3) is 0.312. The molecular formula is C16H16Cl2N2O2. The quantitative estimate of drug-likeness (QED) is 0.655. The lowest BCUT2D eigenvalue weighted by molar-refractivity contribution is 0.0631. The standard InChI is InChI=1S/C16H16Cl2N2O2/c1-16(2,22)8-7-14(21)13-9-12(19-15(18)20-13)10-3-5-11(17)6-4-10/h3-6,9,22H,7-8H2,1-2H3. The van der Waals surface area contributed by atoms with Crippen LogP contribution in [0.15, 0.2) is 30.3 Å². The van der Waals surface area contributed by atoms with Gasteiger partial charge in [0, 0.05) is 17.0 Å². The Balaban J connectivity index is 2.27. The number of hydrogen-bond donors (Lipinski definition) is 1. The summed E-state index contributed by atoms with van der Waals surface area (Å²) in [5.74, 6) is -0.179. The van der Waals surface area contributed by atoms with Gasteiger partial charge in [-0.3, -0.25) is 4.79 Å². The van der Waals surface area contributed by atoms with Crippen molar-refractivity contribution >= 4 is 29.0 Å². The second-order valence-corrected chi connectivity index (χ2v) is 6.42. The molecule has 0 unspecified atom stereocenters. The molecule has 2 rings (SSSR count). The molecule has 4 nitrogen and oxygen atoms in total. The SMILES string of the molecule is CC(C)(O)CCC(=O)c1cc(-c2ccc(Cl)cc2)nc(Cl)n1. The molecule has 22 heavy (non-hydrogen) atoms. The molecule has 0 aliphatic carbocycles. The first kappa shape index (κ1) is 16.9. The van der Waals surface area contributed by atoms with Gasteiger partial charge in [-0.15, -0.1) is 0 Å². The lowest BCUT2D eigenvalue weighted by Crippen LogP contribution is -2.20. The van der Waals surface area contributed by atoms with E-state index in [4.69, 9.17) is 23.2 Å². The van der Waals surface area contributed by atoms with Crippen molar-refractivity contribution in [2.24, 2.45) is 0 Å². The smallest absolute Gasteiger partial charge is 0.223 e. The van der Waals surface area contributed by atoms with E-state index in [0.717, 1.165) is 5.56 Å². The maximum absolute atomic E-state index is 12.2. The van der Waals surface area contributed by atoms with E-state index in [-0.39, 0.29) is 23.2 Å². The van der Waals surface area contributed by atoms with Crippen molar-refractivity contribution in [1.82, 2.24) is 9.97 Å². The van der Waals surface area contributed by atoms with Crippen LogP contribution in [0.3, 0.4) is 0 Å². The van der Waals surface area contributed by atoms with Gasteiger partial charge in [0.25, 0.3) is 0 Å². The molecule has 0 fully saturated rings. The Labute approximate surface area is 139 Å². The number of nitrogens with zero attached hydrogens (tertiary/aromatic N) is 2. The Morgan fingerprint density at radius 1 is 1.18 bits per heavy atom. The predicted molar refractivity (Wildman–Crippen MR) is 87.4 cm³/mol. The van der Waals surface area contributed by atoms with Gasteiger partial charge in [0.1, 0.15) is 5.69 Å². The summed E-state index contributed by atoms with van der Waals surface area (Å²) in [4.78, 5) is 20.3. The van der Waals surface area contributed by atoms with Gasteiger partial charge in [0.05, 0.1) is 11.3 Å². The number of aliphatic hydroxyl groups is 1. The third-order valence-electron chi connectivity index (χ3n) is 3.09. The Morgan fingerprint density at radius 3 is 2.41 bits per heavy atom. The van der Waals surface area contributed by atoms with E-state index < -0.39 is 5.60 Å². The van der Waals surface area contributed by atoms with Gasteiger partial charge < -0.3 is 5.11 Å². The zero-order valence-electron chi connectivity index (χ0n) is 12.3.